The number of benzene rings is 1. The minimum atomic E-state index is -0.165. The van der Waals surface area contributed by atoms with Crippen molar-refractivity contribution in [1.29, 1.82) is 0 Å². The molecule has 4 heteroatoms. The van der Waals surface area contributed by atoms with Gasteiger partial charge in [0.1, 0.15) is 0 Å². The predicted molar refractivity (Wildman–Crippen MR) is 84.0 cm³/mol. The molecule has 0 aromatic heterocycles. The molecule has 3 N–H and O–H groups in total. The maximum atomic E-state index is 11.5. The van der Waals surface area contributed by atoms with E-state index < -0.39 is 0 Å². The first-order valence-electron chi connectivity index (χ1n) is 7.89. The molecule has 1 aromatic carbocycles. The molecule has 2 atom stereocenters. The lowest BCUT2D eigenvalue weighted by atomic mass is 9.86. The zero-order chi connectivity index (χ0) is 14.9. The molecule has 2 aliphatic heterocycles. The fourth-order valence-corrected chi connectivity index (χ4v) is 3.45. The van der Waals surface area contributed by atoms with Gasteiger partial charge in [-0.3, -0.25) is 4.79 Å². The summed E-state index contributed by atoms with van der Waals surface area (Å²) in [6, 6.07) is 9.46. The first-order valence-corrected chi connectivity index (χ1v) is 7.89. The molecular weight excluding hydrogens is 262 g/mol. The Labute approximate surface area is 126 Å². The lowest BCUT2D eigenvalue weighted by Gasteiger charge is -2.40. The molecule has 2 heterocycles. The van der Waals surface area contributed by atoms with Gasteiger partial charge in [-0.25, -0.2) is 0 Å². The molecule has 0 saturated carbocycles. The Balaban J connectivity index is 1.56. The van der Waals surface area contributed by atoms with Gasteiger partial charge >= 0.3 is 0 Å². The second-order valence-corrected chi connectivity index (χ2v) is 6.82. The second kappa shape index (κ2) is 5.78. The van der Waals surface area contributed by atoms with E-state index in [0.717, 1.165) is 25.9 Å². The molecule has 1 aromatic rings. The summed E-state index contributed by atoms with van der Waals surface area (Å²) in [5, 5.41) is 10.3. The third kappa shape index (κ3) is 3.27. The molecule has 3 rings (SSSR count). The largest absolute Gasteiger partial charge is 0.350 e. The van der Waals surface area contributed by atoms with Crippen LogP contribution >= 0.6 is 0 Å². The van der Waals surface area contributed by atoms with Crippen LogP contribution in [0.3, 0.4) is 0 Å². The molecule has 0 spiro atoms. The van der Waals surface area contributed by atoms with Gasteiger partial charge in [0.25, 0.3) is 0 Å². The maximum Gasteiger partial charge on any atom is 0.220 e. The summed E-state index contributed by atoms with van der Waals surface area (Å²) in [6.07, 6.45) is 2.62. The molecule has 21 heavy (non-hydrogen) atoms. The summed E-state index contributed by atoms with van der Waals surface area (Å²) in [4.78, 5) is 11.5. The van der Waals surface area contributed by atoms with E-state index >= 15 is 0 Å². The van der Waals surface area contributed by atoms with Gasteiger partial charge in [0.2, 0.25) is 5.91 Å². The number of piperidine rings is 1. The van der Waals surface area contributed by atoms with Gasteiger partial charge in [-0.05, 0) is 37.8 Å². The van der Waals surface area contributed by atoms with Crippen LogP contribution in [0.5, 0.6) is 0 Å². The summed E-state index contributed by atoms with van der Waals surface area (Å²) in [5.41, 5.74) is 2.71. The molecule has 0 bridgehead atoms. The van der Waals surface area contributed by atoms with Crippen molar-refractivity contribution in [3.63, 3.8) is 0 Å². The van der Waals surface area contributed by atoms with Crippen LogP contribution in [-0.4, -0.2) is 30.1 Å². The minimum Gasteiger partial charge on any atom is -0.350 e. The van der Waals surface area contributed by atoms with Crippen LogP contribution in [0.1, 0.15) is 37.8 Å². The number of carbonyl (C=O) groups is 1. The Morgan fingerprint density at radius 2 is 2.05 bits per heavy atom. The van der Waals surface area contributed by atoms with E-state index in [-0.39, 0.29) is 11.4 Å². The summed E-state index contributed by atoms with van der Waals surface area (Å²) < 4.78 is 0. The minimum absolute atomic E-state index is 0.165. The monoisotopic (exact) mass is 287 g/mol. The number of rotatable bonds is 3. The van der Waals surface area contributed by atoms with Crippen molar-refractivity contribution in [3.8, 4) is 0 Å². The number of hydrogen-bond donors (Lipinski definition) is 3. The van der Waals surface area contributed by atoms with Crippen LogP contribution < -0.4 is 16.0 Å². The molecule has 114 valence electrons. The van der Waals surface area contributed by atoms with Crippen molar-refractivity contribution in [2.75, 3.05) is 6.54 Å². The Morgan fingerprint density at radius 3 is 2.81 bits per heavy atom. The quantitative estimate of drug-likeness (QED) is 0.786. The highest BCUT2D eigenvalue weighted by atomic mass is 16.1. The zero-order valence-electron chi connectivity index (χ0n) is 12.9. The average molecular weight is 287 g/mol. The highest BCUT2D eigenvalue weighted by Gasteiger charge is 2.35. The number of fused-ring (bicyclic) bond motifs is 1. The Bertz CT molecular complexity index is 527. The smallest absolute Gasteiger partial charge is 0.220 e. The average Bonchev–Trinajstić information content (AvgIpc) is 2.45. The molecule has 1 amide bonds. The lowest BCUT2D eigenvalue weighted by molar-refractivity contribution is -0.125. The fraction of sp³-hybridized carbons (Fsp3) is 0.588. The first kappa shape index (κ1) is 14.5. The predicted octanol–water partition coefficient (Wildman–Crippen LogP) is 1.35. The molecule has 0 radical (unpaired) electrons. The lowest BCUT2D eigenvalue weighted by Crippen LogP contribution is -2.62. The molecule has 1 saturated heterocycles. The van der Waals surface area contributed by atoms with Crippen LogP contribution in [0.25, 0.3) is 0 Å². The molecular formula is C17H25N3O. The highest BCUT2D eigenvalue weighted by Crippen LogP contribution is 2.20. The van der Waals surface area contributed by atoms with Crippen LogP contribution in [-0.2, 0) is 17.8 Å². The van der Waals surface area contributed by atoms with Gasteiger partial charge in [-0.15, -0.1) is 0 Å². The molecule has 0 aliphatic carbocycles. The Kier molecular flexibility index (Phi) is 4.00. The summed E-state index contributed by atoms with van der Waals surface area (Å²) >= 11 is 0. The second-order valence-electron chi connectivity index (χ2n) is 6.82. The molecule has 2 aliphatic rings. The van der Waals surface area contributed by atoms with Gasteiger partial charge < -0.3 is 16.0 Å². The van der Waals surface area contributed by atoms with Crippen LogP contribution in [0, 0.1) is 0 Å². The van der Waals surface area contributed by atoms with Crippen molar-refractivity contribution in [2.24, 2.45) is 0 Å². The van der Waals surface area contributed by atoms with E-state index in [4.69, 9.17) is 0 Å². The number of carbonyl (C=O) groups excluding carboxylic acids is 1. The van der Waals surface area contributed by atoms with Crippen molar-refractivity contribution in [1.82, 2.24) is 16.0 Å². The van der Waals surface area contributed by atoms with Crippen molar-refractivity contribution in [2.45, 2.75) is 57.3 Å². The number of amides is 1. The number of hydrogen-bond acceptors (Lipinski definition) is 3. The third-order valence-corrected chi connectivity index (χ3v) is 4.77. The Hall–Kier alpha value is -1.39. The van der Waals surface area contributed by atoms with Crippen molar-refractivity contribution < 1.29 is 4.79 Å². The Morgan fingerprint density at radius 1 is 1.29 bits per heavy atom. The van der Waals surface area contributed by atoms with Crippen LogP contribution in [0.2, 0.25) is 0 Å². The van der Waals surface area contributed by atoms with Gasteiger partial charge in [0.15, 0.2) is 0 Å². The van der Waals surface area contributed by atoms with E-state index in [9.17, 15) is 4.79 Å². The van der Waals surface area contributed by atoms with E-state index in [2.05, 4.69) is 54.1 Å². The van der Waals surface area contributed by atoms with E-state index in [1.54, 1.807) is 0 Å². The van der Waals surface area contributed by atoms with Crippen molar-refractivity contribution in [3.05, 3.63) is 35.4 Å². The van der Waals surface area contributed by atoms with Crippen LogP contribution in [0.15, 0.2) is 24.3 Å². The summed E-state index contributed by atoms with van der Waals surface area (Å²) in [5.74, 6) is 0.169. The van der Waals surface area contributed by atoms with E-state index in [1.165, 1.54) is 11.1 Å². The highest BCUT2D eigenvalue weighted by molar-refractivity contribution is 5.77. The fourth-order valence-electron chi connectivity index (χ4n) is 3.45. The maximum absolute atomic E-state index is 11.5. The SMILES string of the molecule is CC1(C)NC(=O)CCC1NCC1Cc2ccccc2CN1. The first-order chi connectivity index (χ1) is 10.0. The van der Waals surface area contributed by atoms with Gasteiger partial charge in [0, 0.05) is 37.1 Å². The van der Waals surface area contributed by atoms with Crippen LogP contribution in [0.4, 0.5) is 0 Å². The zero-order valence-corrected chi connectivity index (χ0v) is 12.9. The standard InChI is InChI=1S/C17H25N3O/c1-17(2)15(7-8-16(21)20-17)19-11-14-9-12-5-3-4-6-13(12)10-18-14/h3-6,14-15,18-19H,7-11H2,1-2H3,(H,20,21). The number of nitrogens with one attached hydrogen (secondary N) is 3. The third-order valence-electron chi connectivity index (χ3n) is 4.77. The summed E-state index contributed by atoms with van der Waals surface area (Å²) in [7, 11) is 0. The molecule has 2 unspecified atom stereocenters. The molecule has 1 fully saturated rings. The summed E-state index contributed by atoms with van der Waals surface area (Å²) in [6.45, 7) is 6.10. The normalized spacial score (nSPS) is 27.8. The molecule has 4 nitrogen and oxygen atoms in total. The van der Waals surface area contributed by atoms with E-state index in [1.807, 2.05) is 0 Å². The van der Waals surface area contributed by atoms with Gasteiger partial charge in [-0.1, -0.05) is 24.3 Å². The van der Waals surface area contributed by atoms with Gasteiger partial charge in [-0.2, -0.15) is 0 Å². The van der Waals surface area contributed by atoms with Gasteiger partial charge in [0.05, 0.1) is 0 Å². The van der Waals surface area contributed by atoms with E-state index in [0.29, 0.717) is 18.5 Å². The van der Waals surface area contributed by atoms with Crippen molar-refractivity contribution >= 4 is 5.91 Å². The topological polar surface area (TPSA) is 53.2 Å².